The second-order valence-electron chi connectivity index (χ2n) is 5.92. The van der Waals surface area contributed by atoms with E-state index in [0.717, 1.165) is 5.56 Å². The SMILES string of the molecule is O=C(COc1ccc(C(=O)Nc2ccc(F)cc2)cc1)OCc1ccccc1. The van der Waals surface area contributed by atoms with Crippen LogP contribution in [-0.4, -0.2) is 18.5 Å². The number of anilines is 1. The summed E-state index contributed by atoms with van der Waals surface area (Å²) < 4.78 is 23.4. The Balaban J connectivity index is 1.46. The van der Waals surface area contributed by atoms with Gasteiger partial charge in [-0.15, -0.1) is 0 Å². The zero-order chi connectivity index (χ0) is 19.8. The molecule has 0 spiro atoms. The average Bonchev–Trinajstić information content (AvgIpc) is 2.73. The van der Waals surface area contributed by atoms with E-state index in [2.05, 4.69) is 5.32 Å². The van der Waals surface area contributed by atoms with Crippen molar-refractivity contribution in [2.75, 3.05) is 11.9 Å². The molecule has 0 atom stereocenters. The average molecular weight is 379 g/mol. The second-order valence-corrected chi connectivity index (χ2v) is 5.92. The molecule has 0 aromatic heterocycles. The Bertz CT molecular complexity index is 925. The summed E-state index contributed by atoms with van der Waals surface area (Å²) in [6.07, 6.45) is 0. The molecule has 0 bridgehead atoms. The molecule has 0 aliphatic heterocycles. The van der Waals surface area contributed by atoms with E-state index in [1.807, 2.05) is 30.3 Å². The molecule has 1 amide bonds. The smallest absolute Gasteiger partial charge is 0.344 e. The minimum Gasteiger partial charge on any atom is -0.482 e. The standard InChI is InChI=1S/C22H18FNO4/c23-18-8-10-19(11-9-18)24-22(26)17-6-12-20(13-7-17)27-15-21(25)28-14-16-4-2-1-3-5-16/h1-13H,14-15H2,(H,24,26). The van der Waals surface area contributed by atoms with Crippen molar-refractivity contribution in [3.05, 3.63) is 95.8 Å². The number of halogens is 1. The van der Waals surface area contributed by atoms with Gasteiger partial charge in [0.05, 0.1) is 0 Å². The molecule has 0 saturated carbocycles. The van der Waals surface area contributed by atoms with E-state index in [0.29, 0.717) is 17.0 Å². The number of carbonyl (C=O) groups excluding carboxylic acids is 2. The molecule has 0 aliphatic rings. The van der Waals surface area contributed by atoms with Crippen LogP contribution in [0.5, 0.6) is 5.75 Å². The molecular weight excluding hydrogens is 361 g/mol. The van der Waals surface area contributed by atoms with Crippen LogP contribution in [0.15, 0.2) is 78.9 Å². The lowest BCUT2D eigenvalue weighted by atomic mass is 10.2. The van der Waals surface area contributed by atoms with Crippen LogP contribution < -0.4 is 10.1 Å². The lowest BCUT2D eigenvalue weighted by molar-refractivity contribution is -0.147. The summed E-state index contributed by atoms with van der Waals surface area (Å²) in [6.45, 7) is -0.0422. The summed E-state index contributed by atoms with van der Waals surface area (Å²) in [5.74, 6) is -0.751. The number of esters is 1. The lowest BCUT2D eigenvalue weighted by Gasteiger charge is -2.08. The van der Waals surface area contributed by atoms with Crippen LogP contribution in [0.1, 0.15) is 15.9 Å². The van der Waals surface area contributed by atoms with E-state index >= 15 is 0 Å². The lowest BCUT2D eigenvalue weighted by Crippen LogP contribution is -2.15. The molecule has 0 unspecified atom stereocenters. The largest absolute Gasteiger partial charge is 0.482 e. The molecule has 0 aliphatic carbocycles. The van der Waals surface area contributed by atoms with Gasteiger partial charge in [0, 0.05) is 11.3 Å². The molecule has 3 rings (SSSR count). The van der Waals surface area contributed by atoms with E-state index in [1.165, 1.54) is 24.3 Å². The van der Waals surface area contributed by atoms with E-state index in [-0.39, 0.29) is 24.9 Å². The van der Waals surface area contributed by atoms with Gasteiger partial charge in [0.15, 0.2) is 6.61 Å². The van der Waals surface area contributed by atoms with Crippen LogP contribution in [0.2, 0.25) is 0 Å². The molecule has 0 heterocycles. The Morgan fingerprint density at radius 3 is 2.21 bits per heavy atom. The monoisotopic (exact) mass is 379 g/mol. The molecular formula is C22H18FNO4. The molecule has 3 aromatic carbocycles. The third-order valence-electron chi connectivity index (χ3n) is 3.82. The van der Waals surface area contributed by atoms with Crippen LogP contribution in [0.3, 0.4) is 0 Å². The first-order valence-electron chi connectivity index (χ1n) is 8.59. The molecule has 3 aromatic rings. The number of ether oxygens (including phenoxy) is 2. The highest BCUT2D eigenvalue weighted by atomic mass is 19.1. The quantitative estimate of drug-likeness (QED) is 0.625. The van der Waals surface area contributed by atoms with Gasteiger partial charge in [-0.2, -0.15) is 0 Å². The van der Waals surface area contributed by atoms with E-state index in [4.69, 9.17) is 9.47 Å². The highest BCUT2D eigenvalue weighted by Crippen LogP contribution is 2.15. The number of benzene rings is 3. The maximum atomic E-state index is 12.9. The maximum Gasteiger partial charge on any atom is 0.344 e. The normalized spacial score (nSPS) is 10.2. The first kappa shape index (κ1) is 19.1. The van der Waals surface area contributed by atoms with Gasteiger partial charge in [-0.1, -0.05) is 30.3 Å². The van der Waals surface area contributed by atoms with Crippen LogP contribution in [-0.2, 0) is 16.1 Å². The van der Waals surface area contributed by atoms with Gasteiger partial charge in [0.2, 0.25) is 0 Å². The summed E-state index contributed by atoms with van der Waals surface area (Å²) in [6, 6.07) is 21.2. The van der Waals surface area contributed by atoms with Crippen molar-refractivity contribution in [3.8, 4) is 5.75 Å². The number of nitrogens with one attached hydrogen (secondary N) is 1. The fraction of sp³-hybridized carbons (Fsp3) is 0.0909. The van der Waals surface area contributed by atoms with Gasteiger partial charge in [0.1, 0.15) is 18.2 Å². The van der Waals surface area contributed by atoms with Crippen LogP contribution in [0.4, 0.5) is 10.1 Å². The van der Waals surface area contributed by atoms with Gasteiger partial charge in [0.25, 0.3) is 5.91 Å². The summed E-state index contributed by atoms with van der Waals surface area (Å²) in [7, 11) is 0. The van der Waals surface area contributed by atoms with Crippen molar-refractivity contribution >= 4 is 17.6 Å². The summed E-state index contributed by atoms with van der Waals surface area (Å²) >= 11 is 0. The fourth-order valence-corrected chi connectivity index (χ4v) is 2.36. The Labute approximate surface area is 161 Å². The van der Waals surface area contributed by atoms with Crippen molar-refractivity contribution in [1.82, 2.24) is 0 Å². The highest BCUT2D eigenvalue weighted by Gasteiger charge is 2.08. The van der Waals surface area contributed by atoms with Crippen molar-refractivity contribution in [2.45, 2.75) is 6.61 Å². The minimum atomic E-state index is -0.484. The van der Waals surface area contributed by atoms with Gasteiger partial charge in [-0.3, -0.25) is 4.79 Å². The predicted octanol–water partition coefficient (Wildman–Crippen LogP) is 4.20. The molecule has 1 N–H and O–H groups in total. The third kappa shape index (κ3) is 5.67. The van der Waals surface area contributed by atoms with Crippen molar-refractivity contribution in [3.63, 3.8) is 0 Å². The Morgan fingerprint density at radius 2 is 1.54 bits per heavy atom. The maximum absolute atomic E-state index is 12.9. The minimum absolute atomic E-state index is 0.186. The first-order valence-corrected chi connectivity index (χ1v) is 8.59. The first-order chi connectivity index (χ1) is 13.6. The molecule has 28 heavy (non-hydrogen) atoms. The highest BCUT2D eigenvalue weighted by molar-refractivity contribution is 6.04. The molecule has 5 nitrogen and oxygen atoms in total. The number of carbonyl (C=O) groups is 2. The van der Waals surface area contributed by atoms with Gasteiger partial charge < -0.3 is 14.8 Å². The van der Waals surface area contributed by atoms with Gasteiger partial charge in [-0.25, -0.2) is 9.18 Å². The third-order valence-corrected chi connectivity index (χ3v) is 3.82. The Hall–Kier alpha value is -3.67. The molecule has 0 radical (unpaired) electrons. The molecule has 0 fully saturated rings. The van der Waals surface area contributed by atoms with Gasteiger partial charge in [-0.05, 0) is 54.1 Å². The topological polar surface area (TPSA) is 64.6 Å². The Morgan fingerprint density at radius 1 is 0.857 bits per heavy atom. The summed E-state index contributed by atoms with van der Waals surface area (Å²) in [5.41, 5.74) is 1.79. The molecule has 6 heteroatoms. The van der Waals surface area contributed by atoms with E-state index in [9.17, 15) is 14.0 Å². The van der Waals surface area contributed by atoms with E-state index < -0.39 is 5.97 Å². The van der Waals surface area contributed by atoms with Gasteiger partial charge >= 0.3 is 5.97 Å². The van der Waals surface area contributed by atoms with Crippen LogP contribution >= 0.6 is 0 Å². The molecule has 0 saturated heterocycles. The predicted molar refractivity (Wildman–Crippen MR) is 103 cm³/mol. The summed E-state index contributed by atoms with van der Waals surface area (Å²) in [4.78, 5) is 23.9. The summed E-state index contributed by atoms with van der Waals surface area (Å²) in [5, 5.41) is 2.67. The second kappa shape index (κ2) is 9.32. The number of rotatable bonds is 7. The van der Waals surface area contributed by atoms with E-state index in [1.54, 1.807) is 24.3 Å². The van der Waals surface area contributed by atoms with Crippen molar-refractivity contribution in [2.24, 2.45) is 0 Å². The number of hydrogen-bond acceptors (Lipinski definition) is 4. The number of hydrogen-bond donors (Lipinski definition) is 1. The zero-order valence-corrected chi connectivity index (χ0v) is 14.9. The molecule has 142 valence electrons. The zero-order valence-electron chi connectivity index (χ0n) is 14.9. The Kier molecular flexibility index (Phi) is 6.36. The number of amides is 1. The van der Waals surface area contributed by atoms with Crippen molar-refractivity contribution in [1.29, 1.82) is 0 Å². The van der Waals surface area contributed by atoms with Crippen molar-refractivity contribution < 1.29 is 23.5 Å². The van der Waals surface area contributed by atoms with Crippen LogP contribution in [0.25, 0.3) is 0 Å². The van der Waals surface area contributed by atoms with Crippen LogP contribution in [0, 0.1) is 5.82 Å². The fourth-order valence-electron chi connectivity index (χ4n) is 2.36.